The average Bonchev–Trinajstić information content (AvgIpc) is 2.47. The van der Waals surface area contributed by atoms with Gasteiger partial charge in [0.25, 0.3) is 0 Å². The minimum Gasteiger partial charge on any atom is -0.394 e. The number of carbonyl (C=O) groups is 1. The summed E-state index contributed by atoms with van der Waals surface area (Å²) in [6, 6.07) is -0.164. The molecule has 0 saturated carbocycles. The van der Waals surface area contributed by atoms with Crippen molar-refractivity contribution >= 4 is 5.91 Å². The van der Waals surface area contributed by atoms with Crippen LogP contribution < -0.4 is 5.32 Å². The number of allylic oxidation sites excluding steroid dienone is 1. The number of ether oxygens (including phenoxy) is 1. The third kappa shape index (κ3) is 5.71. The van der Waals surface area contributed by atoms with E-state index >= 15 is 0 Å². The van der Waals surface area contributed by atoms with E-state index in [-0.39, 0.29) is 36.7 Å². The zero-order valence-electron chi connectivity index (χ0n) is 14.2. The first-order valence-corrected chi connectivity index (χ1v) is 8.29. The fourth-order valence-corrected chi connectivity index (χ4v) is 3.18. The van der Waals surface area contributed by atoms with E-state index in [1.165, 1.54) is 12.5 Å². The summed E-state index contributed by atoms with van der Waals surface area (Å²) in [5.41, 5.74) is 1.20. The van der Waals surface area contributed by atoms with Gasteiger partial charge in [-0.25, -0.2) is 0 Å². The number of carbonyl (C=O) groups excluding carboxylic acids is 1. The van der Waals surface area contributed by atoms with Crippen molar-refractivity contribution in [3.05, 3.63) is 11.6 Å². The Morgan fingerprint density at radius 2 is 2.09 bits per heavy atom. The Balaban J connectivity index is 2.93. The molecular weight excluding hydrogens is 282 g/mol. The zero-order valence-corrected chi connectivity index (χ0v) is 14.2. The lowest BCUT2D eigenvalue weighted by Gasteiger charge is -2.39. The van der Waals surface area contributed by atoms with Crippen molar-refractivity contribution in [1.82, 2.24) is 5.32 Å². The Kier molecular flexibility index (Phi) is 8.07. The van der Waals surface area contributed by atoms with E-state index in [2.05, 4.69) is 25.2 Å². The first-order chi connectivity index (χ1) is 10.4. The van der Waals surface area contributed by atoms with Crippen molar-refractivity contribution in [2.75, 3.05) is 6.61 Å². The van der Waals surface area contributed by atoms with E-state index in [0.29, 0.717) is 6.42 Å². The maximum atomic E-state index is 11.6. The SMILES string of the molecule is CCC(CC)O[C@@H]1C=C(C)C[C@H](CC(O)CO)[C@H]1NC(C)=O. The molecule has 0 aliphatic heterocycles. The first-order valence-electron chi connectivity index (χ1n) is 8.29. The summed E-state index contributed by atoms with van der Waals surface area (Å²) in [5.74, 6) is -0.0324. The Labute approximate surface area is 133 Å². The van der Waals surface area contributed by atoms with Crippen LogP contribution >= 0.6 is 0 Å². The van der Waals surface area contributed by atoms with Crippen molar-refractivity contribution in [3.8, 4) is 0 Å². The van der Waals surface area contributed by atoms with Gasteiger partial charge in [0.15, 0.2) is 0 Å². The molecule has 0 bridgehead atoms. The minimum atomic E-state index is -0.763. The molecule has 22 heavy (non-hydrogen) atoms. The molecule has 3 N–H and O–H groups in total. The van der Waals surface area contributed by atoms with E-state index in [9.17, 15) is 9.90 Å². The highest BCUT2D eigenvalue weighted by Gasteiger charge is 2.35. The minimum absolute atomic E-state index is 0.0652. The molecule has 0 heterocycles. The van der Waals surface area contributed by atoms with Gasteiger partial charge < -0.3 is 20.3 Å². The average molecular weight is 313 g/mol. The molecular formula is C17H31NO4. The van der Waals surface area contributed by atoms with Gasteiger partial charge in [-0.05, 0) is 38.5 Å². The van der Waals surface area contributed by atoms with Crippen LogP contribution in [-0.2, 0) is 9.53 Å². The topological polar surface area (TPSA) is 78.8 Å². The lowest BCUT2D eigenvalue weighted by Crippen LogP contribution is -2.51. The smallest absolute Gasteiger partial charge is 0.217 e. The predicted molar refractivity (Wildman–Crippen MR) is 86.4 cm³/mol. The second-order valence-corrected chi connectivity index (χ2v) is 6.31. The summed E-state index contributed by atoms with van der Waals surface area (Å²) in [6.45, 7) is 7.47. The van der Waals surface area contributed by atoms with Gasteiger partial charge in [-0.15, -0.1) is 0 Å². The summed E-state index contributed by atoms with van der Waals surface area (Å²) in [7, 11) is 0. The van der Waals surface area contributed by atoms with Crippen LogP contribution in [0.1, 0.15) is 53.4 Å². The van der Waals surface area contributed by atoms with Gasteiger partial charge in [0.1, 0.15) is 0 Å². The number of hydrogen-bond acceptors (Lipinski definition) is 4. The van der Waals surface area contributed by atoms with Gasteiger partial charge in [-0.1, -0.05) is 25.5 Å². The first kappa shape index (κ1) is 19.1. The Morgan fingerprint density at radius 3 is 2.59 bits per heavy atom. The van der Waals surface area contributed by atoms with Crippen LogP contribution in [0.25, 0.3) is 0 Å². The van der Waals surface area contributed by atoms with E-state index < -0.39 is 6.10 Å². The number of nitrogens with one attached hydrogen (secondary N) is 1. The van der Waals surface area contributed by atoms with E-state index in [4.69, 9.17) is 9.84 Å². The fraction of sp³-hybridized carbons (Fsp3) is 0.824. The summed E-state index contributed by atoms with van der Waals surface area (Å²) >= 11 is 0. The lowest BCUT2D eigenvalue weighted by molar-refractivity contribution is -0.122. The van der Waals surface area contributed by atoms with Gasteiger partial charge >= 0.3 is 0 Å². The highest BCUT2D eigenvalue weighted by Crippen LogP contribution is 2.31. The number of amides is 1. The van der Waals surface area contributed by atoms with Crippen LogP contribution in [-0.4, -0.2) is 47.1 Å². The number of rotatable bonds is 8. The van der Waals surface area contributed by atoms with Crippen LogP contribution in [0.15, 0.2) is 11.6 Å². The Bertz CT molecular complexity index is 379. The summed E-state index contributed by atoms with van der Waals surface area (Å²) < 4.78 is 6.18. The van der Waals surface area contributed by atoms with E-state index in [0.717, 1.165) is 19.3 Å². The maximum Gasteiger partial charge on any atom is 0.217 e. The van der Waals surface area contributed by atoms with Crippen LogP contribution in [0.2, 0.25) is 0 Å². The van der Waals surface area contributed by atoms with Crippen molar-refractivity contribution < 1.29 is 19.7 Å². The van der Waals surface area contributed by atoms with Crippen LogP contribution in [0.4, 0.5) is 0 Å². The predicted octanol–water partition coefficient (Wildman–Crippen LogP) is 1.77. The molecule has 128 valence electrons. The second kappa shape index (κ2) is 9.28. The molecule has 0 aromatic heterocycles. The van der Waals surface area contributed by atoms with Gasteiger partial charge in [0.2, 0.25) is 5.91 Å². The maximum absolute atomic E-state index is 11.6. The molecule has 1 rings (SSSR count). The molecule has 0 aromatic carbocycles. The summed E-state index contributed by atoms with van der Waals surface area (Å²) in [4.78, 5) is 11.6. The largest absolute Gasteiger partial charge is 0.394 e. The molecule has 0 fully saturated rings. The highest BCUT2D eigenvalue weighted by molar-refractivity contribution is 5.73. The van der Waals surface area contributed by atoms with Gasteiger partial charge in [0, 0.05) is 6.92 Å². The monoisotopic (exact) mass is 313 g/mol. The normalized spacial score (nSPS) is 26.7. The quantitative estimate of drug-likeness (QED) is 0.597. The van der Waals surface area contributed by atoms with Crippen molar-refractivity contribution in [2.45, 2.75) is 77.7 Å². The standard InChI is InChI=1S/C17H31NO4/c1-5-15(6-2)22-16-8-11(3)7-13(9-14(21)10-19)17(16)18-12(4)20/h8,13-17,19,21H,5-7,9-10H2,1-4H3,(H,18,20)/t13-,14?,16-,17-/m1/s1. The second-order valence-electron chi connectivity index (χ2n) is 6.31. The van der Waals surface area contributed by atoms with E-state index in [1.807, 2.05) is 6.92 Å². The van der Waals surface area contributed by atoms with Crippen molar-refractivity contribution in [1.29, 1.82) is 0 Å². The Morgan fingerprint density at radius 1 is 1.45 bits per heavy atom. The van der Waals surface area contributed by atoms with Crippen LogP contribution in [0.5, 0.6) is 0 Å². The van der Waals surface area contributed by atoms with Crippen LogP contribution in [0.3, 0.4) is 0 Å². The number of aliphatic hydroxyl groups is 2. The molecule has 1 unspecified atom stereocenters. The molecule has 1 aliphatic carbocycles. The van der Waals surface area contributed by atoms with E-state index in [1.54, 1.807) is 0 Å². The van der Waals surface area contributed by atoms with Crippen molar-refractivity contribution in [2.24, 2.45) is 5.92 Å². The zero-order chi connectivity index (χ0) is 16.7. The van der Waals surface area contributed by atoms with Crippen LogP contribution in [0, 0.1) is 5.92 Å². The summed E-state index contributed by atoms with van der Waals surface area (Å²) in [5, 5.41) is 21.9. The molecule has 0 saturated heterocycles. The lowest BCUT2D eigenvalue weighted by atomic mass is 9.79. The third-order valence-corrected chi connectivity index (χ3v) is 4.31. The molecule has 1 amide bonds. The molecule has 5 nitrogen and oxygen atoms in total. The molecule has 0 radical (unpaired) electrons. The van der Waals surface area contributed by atoms with Gasteiger partial charge in [-0.3, -0.25) is 4.79 Å². The van der Waals surface area contributed by atoms with Crippen molar-refractivity contribution in [3.63, 3.8) is 0 Å². The molecule has 0 spiro atoms. The molecule has 5 heteroatoms. The number of aliphatic hydroxyl groups excluding tert-OH is 2. The summed E-state index contributed by atoms with van der Waals surface area (Å²) in [6.07, 6.45) is 4.40. The molecule has 4 atom stereocenters. The third-order valence-electron chi connectivity index (χ3n) is 4.31. The fourth-order valence-electron chi connectivity index (χ4n) is 3.18. The Hall–Kier alpha value is -0.910. The van der Waals surface area contributed by atoms with Gasteiger partial charge in [0.05, 0.1) is 31.0 Å². The van der Waals surface area contributed by atoms with Gasteiger partial charge in [-0.2, -0.15) is 0 Å². The molecule has 0 aromatic rings. The highest BCUT2D eigenvalue weighted by atomic mass is 16.5. The molecule has 1 aliphatic rings. The number of hydrogen-bond donors (Lipinski definition) is 3.